The molecule has 0 aliphatic carbocycles. The number of nitrogens with zero attached hydrogens (tertiary/aromatic N) is 1. The number of morpholine rings is 1. The van der Waals surface area contributed by atoms with Gasteiger partial charge in [0.05, 0.1) is 31.8 Å². The molecule has 0 bridgehead atoms. The molecule has 0 saturated carbocycles. The first-order chi connectivity index (χ1) is 12.5. The highest BCUT2D eigenvalue weighted by Gasteiger charge is 2.33. The number of benzene rings is 2. The van der Waals surface area contributed by atoms with Gasteiger partial charge in [0.1, 0.15) is 5.82 Å². The van der Waals surface area contributed by atoms with Crippen molar-refractivity contribution in [2.45, 2.75) is 11.0 Å². The first-order valence-electron chi connectivity index (χ1n) is 8.05. The van der Waals surface area contributed by atoms with Gasteiger partial charge >= 0.3 is 0 Å². The van der Waals surface area contributed by atoms with E-state index in [-0.39, 0.29) is 24.6 Å². The maximum absolute atomic E-state index is 14.0. The Hall–Kier alpha value is -2.16. The van der Waals surface area contributed by atoms with Gasteiger partial charge in [-0.2, -0.15) is 4.31 Å². The normalized spacial score (nSPS) is 18.5. The lowest BCUT2D eigenvalue weighted by Gasteiger charge is -2.32. The molecule has 1 aliphatic rings. The van der Waals surface area contributed by atoms with Crippen LogP contribution in [0.15, 0.2) is 47.4 Å². The second kappa shape index (κ2) is 7.61. The van der Waals surface area contributed by atoms with Gasteiger partial charge in [0.15, 0.2) is 11.5 Å². The lowest BCUT2D eigenvalue weighted by Crippen LogP contribution is -2.42. The fourth-order valence-electron chi connectivity index (χ4n) is 2.89. The number of rotatable bonds is 5. The van der Waals surface area contributed by atoms with E-state index in [1.165, 1.54) is 36.7 Å². The lowest BCUT2D eigenvalue weighted by atomic mass is 10.1. The Labute approximate surface area is 152 Å². The summed E-state index contributed by atoms with van der Waals surface area (Å²) in [5.41, 5.74) is 0.347. The van der Waals surface area contributed by atoms with Gasteiger partial charge < -0.3 is 14.2 Å². The average Bonchev–Trinajstić information content (AvgIpc) is 2.67. The highest BCUT2D eigenvalue weighted by Crippen LogP contribution is 2.32. The number of ether oxygens (including phenoxy) is 3. The Morgan fingerprint density at radius 1 is 1.12 bits per heavy atom. The third kappa shape index (κ3) is 3.53. The van der Waals surface area contributed by atoms with Crippen LogP contribution in [-0.2, 0) is 14.8 Å². The number of methoxy groups -OCH3 is 2. The highest BCUT2D eigenvalue weighted by molar-refractivity contribution is 7.89. The summed E-state index contributed by atoms with van der Waals surface area (Å²) in [6.07, 6.45) is -0.653. The molecule has 1 atom stereocenters. The molecule has 140 valence electrons. The van der Waals surface area contributed by atoms with Crippen molar-refractivity contribution in [3.05, 3.63) is 53.8 Å². The van der Waals surface area contributed by atoms with Crippen molar-refractivity contribution in [3.63, 3.8) is 0 Å². The Kier molecular flexibility index (Phi) is 5.45. The number of hydrogen-bond acceptors (Lipinski definition) is 5. The van der Waals surface area contributed by atoms with Crippen LogP contribution in [0.2, 0.25) is 0 Å². The maximum atomic E-state index is 14.0. The molecule has 1 aliphatic heterocycles. The molecule has 3 rings (SSSR count). The van der Waals surface area contributed by atoms with E-state index in [0.717, 1.165) is 0 Å². The Bertz CT molecular complexity index is 887. The first kappa shape index (κ1) is 18.6. The fourth-order valence-corrected chi connectivity index (χ4v) is 4.34. The maximum Gasteiger partial charge on any atom is 0.243 e. The molecule has 1 heterocycles. The molecule has 2 aromatic carbocycles. The van der Waals surface area contributed by atoms with Crippen molar-refractivity contribution in [2.24, 2.45) is 0 Å². The quantitative estimate of drug-likeness (QED) is 0.797. The van der Waals surface area contributed by atoms with E-state index in [1.54, 1.807) is 24.3 Å². The predicted molar refractivity (Wildman–Crippen MR) is 93.4 cm³/mol. The number of halogens is 1. The summed E-state index contributed by atoms with van der Waals surface area (Å²) in [4.78, 5) is 0.0873. The molecule has 0 spiro atoms. The molecule has 0 N–H and O–H groups in total. The Morgan fingerprint density at radius 3 is 2.54 bits per heavy atom. The van der Waals surface area contributed by atoms with Crippen molar-refractivity contribution in [3.8, 4) is 11.5 Å². The molecule has 1 saturated heterocycles. The van der Waals surface area contributed by atoms with Gasteiger partial charge in [-0.1, -0.05) is 18.2 Å². The van der Waals surface area contributed by atoms with Crippen LogP contribution in [0.4, 0.5) is 4.39 Å². The minimum absolute atomic E-state index is 0.0393. The van der Waals surface area contributed by atoms with Gasteiger partial charge in [0.25, 0.3) is 0 Å². The Balaban J connectivity index is 1.89. The summed E-state index contributed by atoms with van der Waals surface area (Å²) in [5, 5.41) is 0. The summed E-state index contributed by atoms with van der Waals surface area (Å²) < 4.78 is 57.2. The smallest absolute Gasteiger partial charge is 0.243 e. The van der Waals surface area contributed by atoms with Crippen LogP contribution in [0.5, 0.6) is 11.5 Å². The Morgan fingerprint density at radius 2 is 1.85 bits per heavy atom. The second-order valence-electron chi connectivity index (χ2n) is 5.76. The van der Waals surface area contributed by atoms with Crippen molar-refractivity contribution < 1.29 is 27.0 Å². The molecule has 8 heteroatoms. The van der Waals surface area contributed by atoms with E-state index in [0.29, 0.717) is 17.1 Å². The van der Waals surface area contributed by atoms with Gasteiger partial charge in [0, 0.05) is 24.7 Å². The first-order valence-corrected chi connectivity index (χ1v) is 9.49. The zero-order valence-corrected chi connectivity index (χ0v) is 15.3. The van der Waals surface area contributed by atoms with Crippen molar-refractivity contribution in [1.82, 2.24) is 4.31 Å². The van der Waals surface area contributed by atoms with Gasteiger partial charge in [-0.25, -0.2) is 12.8 Å². The van der Waals surface area contributed by atoms with Crippen LogP contribution in [0.1, 0.15) is 11.7 Å². The van der Waals surface area contributed by atoms with Gasteiger partial charge in [-0.05, 0) is 18.2 Å². The summed E-state index contributed by atoms with van der Waals surface area (Å²) in [5.74, 6) is 0.355. The second-order valence-corrected chi connectivity index (χ2v) is 7.70. The van der Waals surface area contributed by atoms with Crippen LogP contribution in [0.3, 0.4) is 0 Å². The SMILES string of the molecule is COc1ccc(S(=O)(=O)N2CCOC(c3ccccc3F)C2)cc1OC. The van der Waals surface area contributed by atoms with E-state index >= 15 is 0 Å². The largest absolute Gasteiger partial charge is 0.493 e. The topological polar surface area (TPSA) is 65.1 Å². The molecular formula is C18H20FNO5S. The molecule has 2 aromatic rings. The van der Waals surface area contributed by atoms with E-state index in [1.807, 2.05) is 0 Å². The molecule has 26 heavy (non-hydrogen) atoms. The molecule has 6 nitrogen and oxygen atoms in total. The van der Waals surface area contributed by atoms with Crippen molar-refractivity contribution >= 4 is 10.0 Å². The van der Waals surface area contributed by atoms with E-state index in [2.05, 4.69) is 0 Å². The summed E-state index contributed by atoms with van der Waals surface area (Å²) >= 11 is 0. The van der Waals surface area contributed by atoms with Crippen molar-refractivity contribution in [2.75, 3.05) is 33.9 Å². The predicted octanol–water partition coefficient (Wildman–Crippen LogP) is 2.61. The zero-order chi connectivity index (χ0) is 18.7. The fraction of sp³-hybridized carbons (Fsp3) is 0.333. The minimum Gasteiger partial charge on any atom is -0.493 e. The molecule has 1 fully saturated rings. The van der Waals surface area contributed by atoms with Crippen LogP contribution < -0.4 is 9.47 Å². The van der Waals surface area contributed by atoms with Crippen LogP contribution in [-0.4, -0.2) is 46.6 Å². The molecule has 0 radical (unpaired) electrons. The molecule has 1 unspecified atom stereocenters. The molecule has 0 aromatic heterocycles. The third-order valence-corrected chi connectivity index (χ3v) is 6.14. The van der Waals surface area contributed by atoms with Gasteiger partial charge in [-0.3, -0.25) is 0 Å². The summed E-state index contributed by atoms with van der Waals surface area (Å²) in [7, 11) is -0.857. The molecule has 0 amide bonds. The average molecular weight is 381 g/mol. The number of hydrogen-bond donors (Lipinski definition) is 0. The zero-order valence-electron chi connectivity index (χ0n) is 14.5. The summed E-state index contributed by atoms with van der Waals surface area (Å²) in [6.45, 7) is 0.421. The van der Waals surface area contributed by atoms with Crippen LogP contribution in [0, 0.1) is 5.82 Å². The van der Waals surface area contributed by atoms with Crippen LogP contribution in [0.25, 0.3) is 0 Å². The third-order valence-electron chi connectivity index (χ3n) is 4.27. The van der Waals surface area contributed by atoms with Crippen LogP contribution >= 0.6 is 0 Å². The van der Waals surface area contributed by atoms with Gasteiger partial charge in [0.2, 0.25) is 10.0 Å². The van der Waals surface area contributed by atoms with Gasteiger partial charge in [-0.15, -0.1) is 0 Å². The lowest BCUT2D eigenvalue weighted by molar-refractivity contribution is -0.00443. The van der Waals surface area contributed by atoms with E-state index in [4.69, 9.17) is 14.2 Å². The highest BCUT2D eigenvalue weighted by atomic mass is 32.2. The van der Waals surface area contributed by atoms with E-state index in [9.17, 15) is 12.8 Å². The monoisotopic (exact) mass is 381 g/mol. The van der Waals surface area contributed by atoms with Crippen molar-refractivity contribution in [1.29, 1.82) is 0 Å². The number of sulfonamides is 1. The molecular weight excluding hydrogens is 361 g/mol. The minimum atomic E-state index is -3.78. The van der Waals surface area contributed by atoms with E-state index < -0.39 is 21.9 Å². The standard InChI is InChI=1S/C18H20FNO5S/c1-23-16-8-7-13(11-17(16)24-2)26(21,22)20-9-10-25-18(12-20)14-5-3-4-6-15(14)19/h3-8,11,18H,9-10,12H2,1-2H3. The summed E-state index contributed by atoms with van der Waals surface area (Å²) in [6, 6.07) is 10.6.